The molecule has 0 aromatic heterocycles. The van der Waals surface area contributed by atoms with Gasteiger partial charge in [0.05, 0.1) is 11.0 Å². The van der Waals surface area contributed by atoms with Crippen molar-refractivity contribution < 1.29 is 17.9 Å². The minimum Gasteiger partial charge on any atom is -0.376 e. The molecule has 1 aromatic carbocycles. The molecule has 1 aliphatic rings. The second-order valence-electron chi connectivity index (χ2n) is 5.46. The summed E-state index contributed by atoms with van der Waals surface area (Å²) < 4.78 is 31.9. The first-order valence-corrected chi connectivity index (χ1v) is 9.43. The number of benzene rings is 1. The van der Waals surface area contributed by atoms with Crippen molar-refractivity contribution in [2.24, 2.45) is 0 Å². The fraction of sp³-hybridized carbons (Fsp3) is 0.562. The Kier molecular flexibility index (Phi) is 6.15. The van der Waals surface area contributed by atoms with Crippen molar-refractivity contribution in [3.8, 4) is 0 Å². The van der Waals surface area contributed by atoms with Gasteiger partial charge in [-0.05, 0) is 31.0 Å². The maximum atomic E-state index is 12.5. The van der Waals surface area contributed by atoms with Crippen molar-refractivity contribution in [1.29, 1.82) is 0 Å². The zero-order chi connectivity index (χ0) is 16.9. The molecular weight excluding hydrogens is 316 g/mol. The first-order chi connectivity index (χ1) is 11.0. The standard InChI is InChI=1S/C16H24N2O4S/c1-3-18(4-2)23(20,21)15-9-5-7-13(11-15)16(19)17-12-14-8-6-10-22-14/h5,7,9,11,14H,3-4,6,8,10,12H2,1-2H3,(H,17,19)/t14-/m0/s1. The highest BCUT2D eigenvalue weighted by Crippen LogP contribution is 2.17. The molecule has 128 valence electrons. The predicted molar refractivity (Wildman–Crippen MR) is 87.9 cm³/mol. The summed E-state index contributed by atoms with van der Waals surface area (Å²) in [6.45, 7) is 5.56. The average molecular weight is 340 g/mol. The van der Waals surface area contributed by atoms with Crippen LogP contribution < -0.4 is 5.32 Å². The zero-order valence-electron chi connectivity index (χ0n) is 13.6. The van der Waals surface area contributed by atoms with Crippen LogP contribution >= 0.6 is 0 Å². The third kappa shape index (κ3) is 4.31. The Morgan fingerprint density at radius 1 is 1.35 bits per heavy atom. The quantitative estimate of drug-likeness (QED) is 0.818. The Morgan fingerprint density at radius 2 is 2.09 bits per heavy atom. The SMILES string of the molecule is CCN(CC)S(=O)(=O)c1cccc(C(=O)NC[C@@H]2CCCO2)c1. The number of sulfonamides is 1. The van der Waals surface area contributed by atoms with Crippen molar-refractivity contribution in [2.75, 3.05) is 26.2 Å². The van der Waals surface area contributed by atoms with Gasteiger partial charge in [-0.15, -0.1) is 0 Å². The minimum absolute atomic E-state index is 0.0570. The molecule has 1 atom stereocenters. The lowest BCUT2D eigenvalue weighted by atomic mass is 10.2. The molecule has 0 radical (unpaired) electrons. The van der Waals surface area contributed by atoms with Crippen LogP contribution in [0.15, 0.2) is 29.2 Å². The summed E-state index contributed by atoms with van der Waals surface area (Å²) >= 11 is 0. The van der Waals surface area contributed by atoms with E-state index in [1.165, 1.54) is 16.4 Å². The largest absolute Gasteiger partial charge is 0.376 e. The summed E-state index contributed by atoms with van der Waals surface area (Å²) in [6, 6.07) is 6.16. The number of carbonyl (C=O) groups excluding carboxylic acids is 1. The van der Waals surface area contributed by atoms with E-state index in [9.17, 15) is 13.2 Å². The number of ether oxygens (including phenoxy) is 1. The van der Waals surface area contributed by atoms with E-state index in [-0.39, 0.29) is 16.9 Å². The van der Waals surface area contributed by atoms with Crippen LogP contribution in [0.4, 0.5) is 0 Å². The van der Waals surface area contributed by atoms with Crippen molar-refractivity contribution >= 4 is 15.9 Å². The normalized spacial score (nSPS) is 18.3. The highest BCUT2D eigenvalue weighted by molar-refractivity contribution is 7.89. The van der Waals surface area contributed by atoms with Crippen LogP contribution in [0.2, 0.25) is 0 Å². The maximum absolute atomic E-state index is 12.5. The Bertz CT molecular complexity index is 635. The summed E-state index contributed by atoms with van der Waals surface area (Å²) in [5.41, 5.74) is 0.344. The first-order valence-electron chi connectivity index (χ1n) is 7.99. The number of hydrogen-bond donors (Lipinski definition) is 1. The van der Waals surface area contributed by atoms with Crippen molar-refractivity contribution in [3.05, 3.63) is 29.8 Å². The first kappa shape index (κ1) is 17.9. The van der Waals surface area contributed by atoms with E-state index in [0.717, 1.165) is 19.4 Å². The Hall–Kier alpha value is -1.44. The predicted octanol–water partition coefficient (Wildman–Crippen LogP) is 1.63. The van der Waals surface area contributed by atoms with E-state index < -0.39 is 10.0 Å². The lowest BCUT2D eigenvalue weighted by molar-refractivity contribution is 0.0857. The molecule has 0 bridgehead atoms. The molecule has 1 aromatic rings. The van der Waals surface area contributed by atoms with Crippen LogP contribution in [0.5, 0.6) is 0 Å². The van der Waals surface area contributed by atoms with E-state index in [1.807, 2.05) is 0 Å². The highest BCUT2D eigenvalue weighted by Gasteiger charge is 2.23. The Morgan fingerprint density at radius 3 is 2.70 bits per heavy atom. The monoisotopic (exact) mass is 340 g/mol. The second kappa shape index (κ2) is 7.90. The van der Waals surface area contributed by atoms with Crippen LogP contribution in [-0.4, -0.2) is 51.0 Å². The fourth-order valence-corrected chi connectivity index (χ4v) is 4.13. The number of nitrogens with zero attached hydrogens (tertiary/aromatic N) is 1. The van der Waals surface area contributed by atoms with Gasteiger partial charge >= 0.3 is 0 Å². The van der Waals surface area contributed by atoms with Gasteiger partial charge in [-0.2, -0.15) is 4.31 Å². The summed E-state index contributed by atoms with van der Waals surface area (Å²) in [5, 5.41) is 2.80. The van der Waals surface area contributed by atoms with E-state index in [0.29, 0.717) is 25.2 Å². The number of amides is 1. The molecule has 0 aliphatic carbocycles. The van der Waals surface area contributed by atoms with Gasteiger partial charge in [0.15, 0.2) is 0 Å². The molecule has 1 amide bonds. The average Bonchev–Trinajstić information content (AvgIpc) is 3.07. The maximum Gasteiger partial charge on any atom is 0.251 e. The molecule has 0 saturated carbocycles. The Balaban J connectivity index is 2.10. The molecule has 1 aliphatic heterocycles. The third-order valence-corrected chi connectivity index (χ3v) is 6.00. The van der Waals surface area contributed by atoms with E-state index in [4.69, 9.17) is 4.74 Å². The molecule has 1 fully saturated rings. The van der Waals surface area contributed by atoms with Gasteiger partial charge in [0.1, 0.15) is 0 Å². The van der Waals surface area contributed by atoms with Crippen LogP contribution in [0.1, 0.15) is 37.0 Å². The Labute approximate surface area is 137 Å². The van der Waals surface area contributed by atoms with Gasteiger partial charge in [0.2, 0.25) is 10.0 Å². The van der Waals surface area contributed by atoms with Gasteiger partial charge < -0.3 is 10.1 Å². The summed E-state index contributed by atoms with van der Waals surface area (Å²) in [6.07, 6.45) is 2.01. The molecule has 0 unspecified atom stereocenters. The molecule has 1 N–H and O–H groups in total. The molecule has 6 nitrogen and oxygen atoms in total. The van der Waals surface area contributed by atoms with Crippen molar-refractivity contribution in [3.63, 3.8) is 0 Å². The van der Waals surface area contributed by atoms with Crippen LogP contribution in [0.25, 0.3) is 0 Å². The van der Waals surface area contributed by atoms with Gasteiger partial charge in [-0.3, -0.25) is 4.79 Å². The lowest BCUT2D eigenvalue weighted by Crippen LogP contribution is -2.32. The summed E-state index contributed by atoms with van der Waals surface area (Å²) in [5.74, 6) is -0.280. The van der Waals surface area contributed by atoms with Gasteiger partial charge in [0.25, 0.3) is 5.91 Å². The van der Waals surface area contributed by atoms with Gasteiger partial charge in [-0.1, -0.05) is 19.9 Å². The molecule has 0 spiro atoms. The zero-order valence-corrected chi connectivity index (χ0v) is 14.4. The molecular formula is C16H24N2O4S. The number of carbonyl (C=O) groups is 1. The summed E-state index contributed by atoms with van der Waals surface area (Å²) in [4.78, 5) is 12.4. The molecule has 7 heteroatoms. The smallest absolute Gasteiger partial charge is 0.251 e. The molecule has 1 heterocycles. The molecule has 2 rings (SSSR count). The van der Waals surface area contributed by atoms with Crippen LogP contribution in [0, 0.1) is 0 Å². The van der Waals surface area contributed by atoms with E-state index in [1.54, 1.807) is 26.0 Å². The van der Waals surface area contributed by atoms with Crippen molar-refractivity contribution in [2.45, 2.75) is 37.7 Å². The second-order valence-corrected chi connectivity index (χ2v) is 7.40. The van der Waals surface area contributed by atoms with Gasteiger partial charge in [-0.25, -0.2) is 8.42 Å². The molecule has 1 saturated heterocycles. The minimum atomic E-state index is -3.56. The number of nitrogens with one attached hydrogen (secondary N) is 1. The summed E-state index contributed by atoms with van der Waals surface area (Å²) in [7, 11) is -3.56. The van der Waals surface area contributed by atoms with E-state index >= 15 is 0 Å². The van der Waals surface area contributed by atoms with Crippen LogP contribution in [-0.2, 0) is 14.8 Å². The lowest BCUT2D eigenvalue weighted by Gasteiger charge is -2.18. The van der Waals surface area contributed by atoms with Crippen molar-refractivity contribution in [1.82, 2.24) is 9.62 Å². The number of rotatable bonds is 7. The number of hydrogen-bond acceptors (Lipinski definition) is 4. The highest BCUT2D eigenvalue weighted by atomic mass is 32.2. The fourth-order valence-electron chi connectivity index (χ4n) is 2.62. The van der Waals surface area contributed by atoms with Gasteiger partial charge in [0, 0.05) is 31.8 Å². The third-order valence-electron chi connectivity index (χ3n) is 3.95. The molecule has 23 heavy (non-hydrogen) atoms. The van der Waals surface area contributed by atoms with E-state index in [2.05, 4.69) is 5.32 Å². The topological polar surface area (TPSA) is 75.7 Å². The van der Waals surface area contributed by atoms with Crippen LogP contribution in [0.3, 0.4) is 0 Å².